The molecule has 0 aliphatic carbocycles. The molecule has 4 heterocycles. The highest BCUT2D eigenvalue weighted by molar-refractivity contribution is 8.04. The average molecular weight is 637 g/mol. The standard InChI is InChI=1S/C35H36N6O4S/c1-21-17-26(45-25-7-4-5-22(18-25)20-44-29-8-3-2-6-23(29)19-36)9-10-27(21)41-28-13-16-38-34-30(28)31(40-35(41)43)32(46-34)33(42)39-24-11-14-37-15-12-24/h2-10,17-18,24,28,30,34,37-38H,11-16,20H2,1H3,(H,39,42)(H,40,43). The lowest BCUT2D eigenvalue weighted by atomic mass is 9.86. The molecule has 3 aromatic carbocycles. The molecule has 0 radical (unpaired) electrons. The predicted octanol–water partition coefficient (Wildman–Crippen LogP) is 4.90. The number of hydrogen-bond acceptors (Lipinski definition) is 8. The molecule has 3 saturated heterocycles. The highest BCUT2D eigenvalue weighted by Gasteiger charge is 2.52. The van der Waals surface area contributed by atoms with Crippen molar-refractivity contribution in [3.8, 4) is 23.3 Å². The van der Waals surface area contributed by atoms with E-state index in [2.05, 4.69) is 27.3 Å². The second kappa shape index (κ2) is 13.1. The lowest BCUT2D eigenvalue weighted by Gasteiger charge is -2.46. The van der Waals surface area contributed by atoms with Gasteiger partial charge in [-0.25, -0.2) is 4.79 Å². The molecule has 3 atom stereocenters. The Morgan fingerprint density at radius 3 is 2.70 bits per heavy atom. The van der Waals surface area contributed by atoms with Crippen LogP contribution in [-0.2, 0) is 11.4 Å². The van der Waals surface area contributed by atoms with Gasteiger partial charge in [0.15, 0.2) is 0 Å². The number of rotatable bonds is 8. The van der Waals surface area contributed by atoms with E-state index in [0.717, 1.165) is 61.4 Å². The van der Waals surface area contributed by atoms with Gasteiger partial charge in [-0.1, -0.05) is 36.0 Å². The first-order valence-electron chi connectivity index (χ1n) is 15.7. The van der Waals surface area contributed by atoms with E-state index in [1.807, 2.05) is 66.4 Å². The molecule has 0 bridgehead atoms. The number of nitriles is 1. The van der Waals surface area contributed by atoms with Crippen LogP contribution < -0.4 is 35.6 Å². The third kappa shape index (κ3) is 6.03. The molecule has 236 valence electrons. The van der Waals surface area contributed by atoms with Gasteiger partial charge in [0.05, 0.1) is 21.9 Å². The number of aryl methyl sites for hydroxylation is 1. The maximum Gasteiger partial charge on any atom is 0.326 e. The van der Waals surface area contributed by atoms with Crippen molar-refractivity contribution in [2.75, 3.05) is 24.5 Å². The van der Waals surface area contributed by atoms with Crippen LogP contribution in [0.2, 0.25) is 0 Å². The molecule has 46 heavy (non-hydrogen) atoms. The number of nitrogens with zero attached hydrogens (tertiary/aromatic N) is 2. The van der Waals surface area contributed by atoms with Crippen molar-refractivity contribution in [1.82, 2.24) is 21.3 Å². The summed E-state index contributed by atoms with van der Waals surface area (Å²) in [5.41, 5.74) is 3.89. The molecule has 4 N–H and O–H groups in total. The summed E-state index contributed by atoms with van der Waals surface area (Å²) in [4.78, 5) is 29.6. The number of carbonyl (C=O) groups is 2. The molecular formula is C35H36N6O4S. The van der Waals surface area contributed by atoms with Crippen LogP contribution in [0.3, 0.4) is 0 Å². The Morgan fingerprint density at radius 1 is 1.04 bits per heavy atom. The summed E-state index contributed by atoms with van der Waals surface area (Å²) in [7, 11) is 0. The second-order valence-electron chi connectivity index (χ2n) is 12.0. The van der Waals surface area contributed by atoms with Gasteiger partial charge in [-0.05, 0) is 99.4 Å². The Kier molecular flexibility index (Phi) is 8.58. The van der Waals surface area contributed by atoms with Crippen molar-refractivity contribution in [2.24, 2.45) is 5.92 Å². The molecule has 0 saturated carbocycles. The van der Waals surface area contributed by atoms with Crippen molar-refractivity contribution in [1.29, 1.82) is 5.26 Å². The van der Waals surface area contributed by atoms with Crippen LogP contribution in [0.25, 0.3) is 0 Å². The summed E-state index contributed by atoms with van der Waals surface area (Å²) in [5, 5.41) is 22.6. The van der Waals surface area contributed by atoms with E-state index in [0.29, 0.717) is 34.3 Å². The normalized spacial score (nSPS) is 22.5. The van der Waals surface area contributed by atoms with E-state index >= 15 is 0 Å². The Balaban J connectivity index is 1.06. The average Bonchev–Trinajstić information content (AvgIpc) is 3.45. The van der Waals surface area contributed by atoms with Crippen LogP contribution in [0, 0.1) is 24.2 Å². The number of anilines is 1. The first-order valence-corrected chi connectivity index (χ1v) is 16.6. The molecule has 10 nitrogen and oxygen atoms in total. The van der Waals surface area contributed by atoms with Gasteiger partial charge in [0.1, 0.15) is 29.9 Å². The maximum absolute atomic E-state index is 13.7. The topological polar surface area (TPSA) is 128 Å². The zero-order valence-electron chi connectivity index (χ0n) is 25.5. The summed E-state index contributed by atoms with van der Waals surface area (Å²) in [6.07, 6.45) is 2.60. The summed E-state index contributed by atoms with van der Waals surface area (Å²) in [6, 6.07) is 22.6. The van der Waals surface area contributed by atoms with Gasteiger partial charge in [0.25, 0.3) is 5.91 Å². The van der Waals surface area contributed by atoms with Crippen molar-refractivity contribution in [3.05, 3.63) is 94.0 Å². The van der Waals surface area contributed by atoms with E-state index < -0.39 is 0 Å². The Bertz CT molecular complexity index is 1730. The van der Waals surface area contributed by atoms with Gasteiger partial charge >= 0.3 is 6.03 Å². The highest BCUT2D eigenvalue weighted by Crippen LogP contribution is 2.48. The molecule has 3 amide bonds. The highest BCUT2D eigenvalue weighted by atomic mass is 32.2. The molecule has 0 spiro atoms. The third-order valence-corrected chi connectivity index (χ3v) is 10.3. The van der Waals surface area contributed by atoms with E-state index in [1.165, 1.54) is 11.8 Å². The maximum atomic E-state index is 13.7. The first-order chi connectivity index (χ1) is 22.5. The zero-order valence-corrected chi connectivity index (χ0v) is 26.4. The van der Waals surface area contributed by atoms with Crippen LogP contribution in [-0.4, -0.2) is 49.0 Å². The number of amides is 3. The number of piperidine rings is 2. The molecule has 4 aliphatic heterocycles. The quantitative estimate of drug-likeness (QED) is 0.275. The van der Waals surface area contributed by atoms with Crippen molar-refractivity contribution >= 4 is 29.4 Å². The van der Waals surface area contributed by atoms with Gasteiger partial charge < -0.3 is 30.7 Å². The molecule has 3 unspecified atom stereocenters. The summed E-state index contributed by atoms with van der Waals surface area (Å²) in [5.74, 6) is 1.76. The first kappa shape index (κ1) is 30.2. The van der Waals surface area contributed by atoms with Crippen LogP contribution in [0.1, 0.15) is 36.0 Å². The van der Waals surface area contributed by atoms with Gasteiger partial charge in [-0.15, -0.1) is 0 Å². The minimum Gasteiger partial charge on any atom is -0.488 e. The van der Waals surface area contributed by atoms with E-state index in [4.69, 9.17) is 9.47 Å². The second-order valence-corrected chi connectivity index (χ2v) is 13.2. The Labute approximate surface area is 272 Å². The molecule has 4 aliphatic rings. The van der Waals surface area contributed by atoms with Gasteiger partial charge in [0.2, 0.25) is 0 Å². The van der Waals surface area contributed by atoms with E-state index in [1.54, 1.807) is 12.1 Å². The van der Waals surface area contributed by atoms with E-state index in [-0.39, 0.29) is 35.3 Å². The van der Waals surface area contributed by atoms with Crippen LogP contribution in [0.5, 0.6) is 17.2 Å². The summed E-state index contributed by atoms with van der Waals surface area (Å²) in [6.45, 7) is 4.84. The fourth-order valence-electron chi connectivity index (χ4n) is 6.76. The van der Waals surface area contributed by atoms with Gasteiger partial charge in [-0.3, -0.25) is 9.69 Å². The molecule has 0 aromatic heterocycles. The lowest BCUT2D eigenvalue weighted by Crippen LogP contribution is -2.62. The van der Waals surface area contributed by atoms with Crippen molar-refractivity contribution < 1.29 is 19.1 Å². The summed E-state index contributed by atoms with van der Waals surface area (Å²) >= 11 is 1.54. The minimum atomic E-state index is -0.214. The predicted molar refractivity (Wildman–Crippen MR) is 177 cm³/mol. The number of urea groups is 1. The summed E-state index contributed by atoms with van der Waals surface area (Å²) < 4.78 is 12.1. The van der Waals surface area contributed by atoms with Crippen molar-refractivity contribution in [2.45, 2.75) is 50.3 Å². The van der Waals surface area contributed by atoms with Crippen molar-refractivity contribution in [3.63, 3.8) is 0 Å². The Hall–Kier alpha value is -4.50. The number of thioether (sulfide) groups is 1. The van der Waals surface area contributed by atoms with Crippen LogP contribution in [0.4, 0.5) is 10.5 Å². The molecule has 7 rings (SSSR count). The monoisotopic (exact) mass is 636 g/mol. The molecular weight excluding hydrogens is 600 g/mol. The SMILES string of the molecule is Cc1cc(Oc2cccc(COc3ccccc3C#N)c2)ccc1N1C(=O)NC2=C(C(=O)NC3CCNCC3)SC3NCCC1C23. The zero-order chi connectivity index (χ0) is 31.6. The largest absolute Gasteiger partial charge is 0.488 e. The fraction of sp³-hybridized carbons (Fsp3) is 0.343. The van der Waals surface area contributed by atoms with E-state index in [9.17, 15) is 14.9 Å². The van der Waals surface area contributed by atoms with Gasteiger partial charge in [-0.2, -0.15) is 5.26 Å². The number of ether oxygens (including phenoxy) is 2. The molecule has 11 heteroatoms. The van der Waals surface area contributed by atoms with Crippen LogP contribution >= 0.6 is 11.8 Å². The lowest BCUT2D eigenvalue weighted by molar-refractivity contribution is -0.117. The van der Waals surface area contributed by atoms with Gasteiger partial charge in [0, 0.05) is 23.3 Å². The number of para-hydroxylation sites is 1. The fourth-order valence-corrected chi connectivity index (χ4v) is 8.16. The smallest absolute Gasteiger partial charge is 0.326 e. The molecule has 3 aromatic rings. The number of carbonyl (C=O) groups excluding carboxylic acids is 2. The third-order valence-electron chi connectivity index (χ3n) is 8.99. The Morgan fingerprint density at radius 2 is 1.87 bits per heavy atom. The number of benzene rings is 3. The molecule has 3 fully saturated rings. The minimum absolute atomic E-state index is 0.00867. The van der Waals surface area contributed by atoms with Crippen LogP contribution in [0.15, 0.2) is 77.3 Å². The number of nitrogens with one attached hydrogen (secondary N) is 4. The number of hydrogen-bond donors (Lipinski definition) is 4.